The highest BCUT2D eigenvalue weighted by Crippen LogP contribution is 2.51. The van der Waals surface area contributed by atoms with Crippen LogP contribution < -0.4 is 10.1 Å². The van der Waals surface area contributed by atoms with Crippen LogP contribution in [-0.2, 0) is 19.7 Å². The number of ether oxygens (including phenoxy) is 1. The number of ketones is 1. The van der Waals surface area contributed by atoms with Crippen molar-refractivity contribution in [2.24, 2.45) is 5.41 Å². The van der Waals surface area contributed by atoms with Crippen molar-refractivity contribution in [1.82, 2.24) is 5.32 Å². The molecule has 0 spiro atoms. The van der Waals surface area contributed by atoms with Crippen molar-refractivity contribution in [2.45, 2.75) is 51.6 Å². The van der Waals surface area contributed by atoms with Crippen molar-refractivity contribution >= 4 is 25.5 Å². The summed E-state index contributed by atoms with van der Waals surface area (Å²) in [7, 11) is -6.74. The van der Waals surface area contributed by atoms with E-state index < -0.39 is 30.7 Å². The van der Waals surface area contributed by atoms with E-state index in [0.29, 0.717) is 24.3 Å². The van der Waals surface area contributed by atoms with E-state index in [4.69, 9.17) is 4.74 Å². The molecule has 7 nitrogen and oxygen atoms in total. The van der Waals surface area contributed by atoms with Gasteiger partial charge in [-0.3, -0.25) is 4.79 Å². The van der Waals surface area contributed by atoms with E-state index in [-0.39, 0.29) is 30.1 Å². The second-order valence-corrected chi connectivity index (χ2v) is 13.4. The predicted molar refractivity (Wildman–Crippen MR) is 123 cm³/mol. The fourth-order valence-electron chi connectivity index (χ4n) is 4.23. The van der Waals surface area contributed by atoms with E-state index in [0.717, 1.165) is 31.9 Å². The van der Waals surface area contributed by atoms with Crippen LogP contribution in [0.2, 0.25) is 0 Å². The third kappa shape index (κ3) is 6.52. The van der Waals surface area contributed by atoms with Gasteiger partial charge in [0, 0.05) is 18.9 Å². The third-order valence-electron chi connectivity index (χ3n) is 6.20. The first kappa shape index (κ1) is 25.8. The zero-order chi connectivity index (χ0) is 23.3. The highest BCUT2D eigenvalue weighted by molar-refractivity contribution is 7.90. The largest absolute Gasteiger partial charge is 0.486 e. The summed E-state index contributed by atoms with van der Waals surface area (Å²) in [6.07, 6.45) is 4.81. The average molecular weight is 474 g/mol. The number of carbonyl (C=O) groups excluding carboxylic acids is 1. The van der Waals surface area contributed by atoms with E-state index in [9.17, 15) is 21.6 Å². The van der Waals surface area contributed by atoms with Gasteiger partial charge in [-0.05, 0) is 51.4 Å². The Balaban J connectivity index is 2.51. The number of para-hydroxylation sites is 1. The Morgan fingerprint density at radius 1 is 0.935 bits per heavy atom. The molecule has 1 aliphatic heterocycles. The molecule has 31 heavy (non-hydrogen) atoms. The number of Topliss-reactive ketones (excluding diaryl/α,β-unsaturated/α-hetero) is 1. The SMILES string of the molecule is CCCCNCCC1(C)Oc2ccccc2C(=O)C1(CCS(C)(=O)=O)CCS(C)(=O)=O. The fourth-order valence-corrected chi connectivity index (χ4v) is 5.66. The quantitative estimate of drug-likeness (QED) is 0.465. The Morgan fingerprint density at radius 2 is 1.52 bits per heavy atom. The minimum atomic E-state index is -3.37. The van der Waals surface area contributed by atoms with Gasteiger partial charge >= 0.3 is 0 Å². The maximum absolute atomic E-state index is 13.8. The lowest BCUT2D eigenvalue weighted by atomic mass is 9.61. The number of sulfone groups is 2. The summed E-state index contributed by atoms with van der Waals surface area (Å²) in [6, 6.07) is 6.90. The molecule has 2 rings (SSSR count). The van der Waals surface area contributed by atoms with Crippen molar-refractivity contribution in [3.63, 3.8) is 0 Å². The number of benzene rings is 1. The molecule has 1 atom stereocenters. The molecule has 176 valence electrons. The van der Waals surface area contributed by atoms with E-state index in [1.54, 1.807) is 24.3 Å². The molecule has 0 bridgehead atoms. The third-order valence-corrected chi connectivity index (χ3v) is 8.09. The minimum Gasteiger partial charge on any atom is -0.486 e. The highest BCUT2D eigenvalue weighted by Gasteiger charge is 2.58. The molecule has 1 N–H and O–H groups in total. The zero-order valence-electron chi connectivity index (χ0n) is 18.9. The molecule has 0 aromatic heterocycles. The lowest BCUT2D eigenvalue weighted by Crippen LogP contribution is -2.60. The molecule has 1 unspecified atom stereocenters. The standard InChI is InChI=1S/C22H35NO6S2/c1-5-6-14-23-15-11-21(2)22(12-16-30(3,25)26,13-17-31(4,27)28)20(24)18-9-7-8-10-19(18)29-21/h7-10,23H,5-6,11-17H2,1-4H3. The van der Waals surface area contributed by atoms with Crippen LogP contribution in [0.4, 0.5) is 0 Å². The number of unbranched alkanes of at least 4 members (excludes halogenated alkanes) is 1. The van der Waals surface area contributed by atoms with Crippen LogP contribution in [0.3, 0.4) is 0 Å². The normalized spacial score (nSPS) is 20.8. The molecule has 0 amide bonds. The van der Waals surface area contributed by atoms with Crippen molar-refractivity contribution in [1.29, 1.82) is 0 Å². The van der Waals surface area contributed by atoms with Crippen LogP contribution in [0.1, 0.15) is 56.3 Å². The first-order valence-electron chi connectivity index (χ1n) is 10.7. The molecule has 0 saturated heterocycles. The molecule has 9 heteroatoms. The lowest BCUT2D eigenvalue weighted by Gasteiger charge is -2.51. The molecule has 0 fully saturated rings. The van der Waals surface area contributed by atoms with Gasteiger partial charge in [-0.15, -0.1) is 0 Å². The Kier molecular flexibility index (Phi) is 8.33. The van der Waals surface area contributed by atoms with Gasteiger partial charge in [-0.1, -0.05) is 25.5 Å². The number of carbonyl (C=O) groups is 1. The second kappa shape index (κ2) is 10.0. The number of rotatable bonds is 12. The summed E-state index contributed by atoms with van der Waals surface area (Å²) in [5.41, 5.74) is -1.94. The summed E-state index contributed by atoms with van der Waals surface area (Å²) < 4.78 is 54.5. The summed E-state index contributed by atoms with van der Waals surface area (Å²) in [6.45, 7) is 5.32. The summed E-state index contributed by atoms with van der Waals surface area (Å²) in [5.74, 6) is -0.213. The van der Waals surface area contributed by atoms with Crippen molar-refractivity contribution < 1.29 is 26.4 Å². The smallest absolute Gasteiger partial charge is 0.176 e. The van der Waals surface area contributed by atoms with Crippen LogP contribution in [0.5, 0.6) is 5.75 Å². The zero-order valence-corrected chi connectivity index (χ0v) is 20.6. The Hall–Kier alpha value is -1.45. The summed E-state index contributed by atoms with van der Waals surface area (Å²) >= 11 is 0. The Labute approximate surface area is 186 Å². The fraction of sp³-hybridized carbons (Fsp3) is 0.682. The van der Waals surface area contributed by atoms with Gasteiger partial charge in [0.25, 0.3) is 0 Å². The minimum absolute atomic E-state index is 0.0139. The van der Waals surface area contributed by atoms with Gasteiger partial charge in [0.05, 0.1) is 22.5 Å². The molecule has 1 aliphatic rings. The molecular formula is C22H35NO6S2. The molecule has 1 heterocycles. The number of hydrogen-bond donors (Lipinski definition) is 1. The lowest BCUT2D eigenvalue weighted by molar-refractivity contribution is -0.0502. The van der Waals surface area contributed by atoms with E-state index in [1.807, 2.05) is 6.92 Å². The Bertz CT molecular complexity index is 951. The van der Waals surface area contributed by atoms with Gasteiger partial charge in [0.2, 0.25) is 0 Å². The van der Waals surface area contributed by atoms with Crippen LogP contribution in [-0.4, -0.2) is 65.3 Å². The van der Waals surface area contributed by atoms with E-state index >= 15 is 0 Å². The predicted octanol–water partition coefficient (Wildman–Crippen LogP) is 2.66. The summed E-state index contributed by atoms with van der Waals surface area (Å²) in [4.78, 5) is 13.8. The second-order valence-electron chi connectivity index (χ2n) is 8.85. The molecule has 0 radical (unpaired) electrons. The van der Waals surface area contributed by atoms with Gasteiger partial charge in [0.1, 0.15) is 31.0 Å². The highest BCUT2D eigenvalue weighted by atomic mass is 32.2. The van der Waals surface area contributed by atoms with Crippen LogP contribution >= 0.6 is 0 Å². The topological polar surface area (TPSA) is 107 Å². The number of nitrogens with one attached hydrogen (secondary N) is 1. The van der Waals surface area contributed by atoms with E-state index in [2.05, 4.69) is 12.2 Å². The van der Waals surface area contributed by atoms with Crippen LogP contribution in [0, 0.1) is 5.41 Å². The molecule has 1 aromatic carbocycles. The first-order valence-corrected chi connectivity index (χ1v) is 14.8. The molecular weight excluding hydrogens is 438 g/mol. The maximum atomic E-state index is 13.8. The van der Waals surface area contributed by atoms with Gasteiger partial charge in [0.15, 0.2) is 5.78 Å². The first-order chi connectivity index (χ1) is 14.3. The van der Waals surface area contributed by atoms with Gasteiger partial charge < -0.3 is 10.1 Å². The van der Waals surface area contributed by atoms with Crippen LogP contribution in [0.25, 0.3) is 0 Å². The van der Waals surface area contributed by atoms with Gasteiger partial charge in [-0.25, -0.2) is 16.8 Å². The van der Waals surface area contributed by atoms with Gasteiger partial charge in [-0.2, -0.15) is 0 Å². The number of fused-ring (bicyclic) bond motifs is 1. The average Bonchev–Trinajstić information content (AvgIpc) is 2.66. The molecule has 1 aromatic rings. The van der Waals surface area contributed by atoms with Crippen LogP contribution in [0.15, 0.2) is 24.3 Å². The van der Waals surface area contributed by atoms with Crippen molar-refractivity contribution in [3.8, 4) is 5.75 Å². The monoisotopic (exact) mass is 473 g/mol. The van der Waals surface area contributed by atoms with Crippen molar-refractivity contribution in [2.75, 3.05) is 37.1 Å². The maximum Gasteiger partial charge on any atom is 0.176 e. The number of hydrogen-bond acceptors (Lipinski definition) is 7. The van der Waals surface area contributed by atoms with E-state index in [1.165, 1.54) is 0 Å². The molecule has 0 saturated carbocycles. The van der Waals surface area contributed by atoms with Crippen molar-refractivity contribution in [3.05, 3.63) is 29.8 Å². The summed E-state index contributed by atoms with van der Waals surface area (Å²) in [5, 5.41) is 3.35. The Morgan fingerprint density at radius 3 is 2.06 bits per heavy atom. The molecule has 0 aliphatic carbocycles.